The van der Waals surface area contributed by atoms with Crippen LogP contribution in [0.25, 0.3) is 5.69 Å². The number of benzene rings is 2. The first kappa shape index (κ1) is 19.4. The molecule has 1 atom stereocenters. The van der Waals surface area contributed by atoms with Crippen LogP contribution in [0.2, 0.25) is 10.0 Å². The normalized spacial score (nSPS) is 16.3. The lowest BCUT2D eigenvalue weighted by Crippen LogP contribution is -2.33. The molecule has 29 heavy (non-hydrogen) atoms. The van der Waals surface area contributed by atoms with Crippen LogP contribution in [0.3, 0.4) is 0 Å². The van der Waals surface area contributed by atoms with Gasteiger partial charge in [-0.15, -0.1) is 5.10 Å². The third kappa shape index (κ3) is 4.23. The van der Waals surface area contributed by atoms with Gasteiger partial charge in [0, 0.05) is 28.7 Å². The highest BCUT2D eigenvalue weighted by Gasteiger charge is 2.35. The number of nitrogens with one attached hydrogen (secondary N) is 1. The van der Waals surface area contributed by atoms with E-state index >= 15 is 0 Å². The maximum Gasteiger partial charge on any atom is 0.227 e. The number of anilines is 1. The van der Waals surface area contributed by atoms with Gasteiger partial charge < -0.3 is 10.2 Å². The fourth-order valence-corrected chi connectivity index (χ4v) is 3.42. The van der Waals surface area contributed by atoms with Crippen molar-refractivity contribution < 1.29 is 9.59 Å². The first-order chi connectivity index (χ1) is 14.0. The topological polar surface area (TPSA) is 93.0 Å². The van der Waals surface area contributed by atoms with E-state index in [4.69, 9.17) is 23.2 Å². The van der Waals surface area contributed by atoms with E-state index < -0.39 is 5.92 Å². The molecular weight excluding hydrogens is 415 g/mol. The standard InChI is InChI=1S/C19H16Cl2N6O2/c20-13-1-5-15(6-2-13)26-11-12(9-18(26)28)19(29)22-10-17-23-24-25-27(17)16-7-3-14(21)4-8-16/h1-8,12H,9-11H2,(H,22,29)/t12-/m1/s1. The van der Waals surface area contributed by atoms with Gasteiger partial charge in [-0.1, -0.05) is 23.2 Å². The molecule has 0 spiro atoms. The first-order valence-corrected chi connectivity index (χ1v) is 9.63. The van der Waals surface area contributed by atoms with Gasteiger partial charge in [0.2, 0.25) is 11.8 Å². The Labute approximate surface area is 176 Å². The average molecular weight is 431 g/mol. The van der Waals surface area contributed by atoms with E-state index in [-0.39, 0.29) is 24.8 Å². The van der Waals surface area contributed by atoms with Crippen LogP contribution in [0.5, 0.6) is 0 Å². The van der Waals surface area contributed by atoms with Gasteiger partial charge >= 0.3 is 0 Å². The summed E-state index contributed by atoms with van der Waals surface area (Å²) < 4.78 is 1.52. The van der Waals surface area contributed by atoms with E-state index in [2.05, 4.69) is 20.8 Å². The van der Waals surface area contributed by atoms with Crippen LogP contribution in [0.4, 0.5) is 5.69 Å². The zero-order valence-corrected chi connectivity index (χ0v) is 16.6. The quantitative estimate of drug-likeness (QED) is 0.671. The number of hydrogen-bond donors (Lipinski definition) is 1. The molecule has 2 aromatic carbocycles. The Morgan fingerprint density at radius 3 is 2.31 bits per heavy atom. The fourth-order valence-electron chi connectivity index (χ4n) is 3.16. The Balaban J connectivity index is 1.40. The summed E-state index contributed by atoms with van der Waals surface area (Å²) >= 11 is 11.8. The van der Waals surface area contributed by atoms with Gasteiger partial charge in [-0.3, -0.25) is 9.59 Å². The van der Waals surface area contributed by atoms with Crippen molar-refractivity contribution in [1.82, 2.24) is 25.5 Å². The van der Waals surface area contributed by atoms with Crippen LogP contribution in [0.15, 0.2) is 48.5 Å². The predicted octanol–water partition coefficient (Wildman–Crippen LogP) is 2.64. The molecule has 1 fully saturated rings. The number of tetrazole rings is 1. The molecule has 0 unspecified atom stereocenters. The molecule has 2 amide bonds. The van der Waals surface area contributed by atoms with Gasteiger partial charge in [0.1, 0.15) is 0 Å². The Kier molecular flexibility index (Phi) is 5.46. The van der Waals surface area contributed by atoms with Gasteiger partial charge in [-0.2, -0.15) is 4.68 Å². The minimum absolute atomic E-state index is 0.0986. The highest BCUT2D eigenvalue weighted by Crippen LogP contribution is 2.26. The Morgan fingerprint density at radius 1 is 1.03 bits per heavy atom. The number of rotatable bonds is 5. The van der Waals surface area contributed by atoms with Crippen molar-refractivity contribution in [3.8, 4) is 5.69 Å². The number of carbonyl (C=O) groups is 2. The van der Waals surface area contributed by atoms with Crippen molar-refractivity contribution in [2.24, 2.45) is 5.92 Å². The largest absolute Gasteiger partial charge is 0.348 e. The van der Waals surface area contributed by atoms with Gasteiger partial charge in [-0.25, -0.2) is 0 Å². The van der Waals surface area contributed by atoms with Crippen LogP contribution < -0.4 is 10.2 Å². The number of amides is 2. The molecule has 0 radical (unpaired) electrons. The molecule has 1 saturated heterocycles. The van der Waals surface area contributed by atoms with Crippen molar-refractivity contribution in [2.45, 2.75) is 13.0 Å². The van der Waals surface area contributed by atoms with E-state index in [0.717, 1.165) is 11.4 Å². The molecule has 1 aliphatic heterocycles. The van der Waals surface area contributed by atoms with E-state index in [1.54, 1.807) is 53.4 Å². The second-order valence-electron chi connectivity index (χ2n) is 6.58. The lowest BCUT2D eigenvalue weighted by molar-refractivity contribution is -0.126. The molecule has 4 rings (SSSR count). The van der Waals surface area contributed by atoms with Gasteiger partial charge in [0.15, 0.2) is 5.82 Å². The lowest BCUT2D eigenvalue weighted by Gasteiger charge is -2.16. The molecule has 1 N–H and O–H groups in total. The molecule has 8 nitrogen and oxygen atoms in total. The molecule has 2 heterocycles. The first-order valence-electron chi connectivity index (χ1n) is 8.88. The predicted molar refractivity (Wildman–Crippen MR) is 108 cm³/mol. The zero-order chi connectivity index (χ0) is 20.4. The minimum Gasteiger partial charge on any atom is -0.348 e. The maximum absolute atomic E-state index is 12.6. The molecule has 1 aliphatic rings. The summed E-state index contributed by atoms with van der Waals surface area (Å²) in [5.41, 5.74) is 1.45. The van der Waals surface area contributed by atoms with Crippen molar-refractivity contribution in [2.75, 3.05) is 11.4 Å². The summed E-state index contributed by atoms with van der Waals surface area (Å²) in [4.78, 5) is 26.5. The third-order valence-electron chi connectivity index (χ3n) is 4.66. The third-order valence-corrected chi connectivity index (χ3v) is 5.16. The molecule has 3 aromatic rings. The average Bonchev–Trinajstić information content (AvgIpc) is 3.34. The summed E-state index contributed by atoms with van der Waals surface area (Å²) in [5.74, 6) is -0.295. The van der Waals surface area contributed by atoms with Crippen LogP contribution in [-0.2, 0) is 16.1 Å². The molecule has 1 aromatic heterocycles. The Morgan fingerprint density at radius 2 is 1.66 bits per heavy atom. The van der Waals surface area contributed by atoms with E-state index in [1.807, 2.05) is 0 Å². The van der Waals surface area contributed by atoms with Gasteiger partial charge in [0.05, 0.1) is 18.2 Å². The minimum atomic E-state index is -0.446. The molecular formula is C19H16Cl2N6O2. The van der Waals surface area contributed by atoms with Crippen molar-refractivity contribution in [3.05, 3.63) is 64.4 Å². The van der Waals surface area contributed by atoms with Crippen LogP contribution in [0.1, 0.15) is 12.2 Å². The highest BCUT2D eigenvalue weighted by molar-refractivity contribution is 6.30. The second-order valence-corrected chi connectivity index (χ2v) is 7.46. The molecule has 148 valence electrons. The zero-order valence-electron chi connectivity index (χ0n) is 15.1. The van der Waals surface area contributed by atoms with Gasteiger partial charge in [0.25, 0.3) is 0 Å². The van der Waals surface area contributed by atoms with E-state index in [9.17, 15) is 9.59 Å². The van der Waals surface area contributed by atoms with E-state index in [1.165, 1.54) is 4.68 Å². The SMILES string of the molecule is O=C(NCc1nnnn1-c1ccc(Cl)cc1)[C@@H]1CC(=O)N(c2ccc(Cl)cc2)C1. The maximum atomic E-state index is 12.6. The van der Waals surface area contributed by atoms with Crippen molar-refractivity contribution in [3.63, 3.8) is 0 Å². The van der Waals surface area contributed by atoms with E-state index in [0.29, 0.717) is 22.4 Å². The Bertz CT molecular complexity index is 1040. The number of nitrogens with zero attached hydrogens (tertiary/aromatic N) is 5. The number of halogens is 2. The van der Waals surface area contributed by atoms with Crippen LogP contribution >= 0.6 is 23.2 Å². The molecule has 0 saturated carbocycles. The summed E-state index contributed by atoms with van der Waals surface area (Å²) in [5, 5.41) is 15.6. The monoisotopic (exact) mass is 430 g/mol. The van der Waals surface area contributed by atoms with Crippen LogP contribution in [-0.4, -0.2) is 38.6 Å². The number of hydrogen-bond acceptors (Lipinski definition) is 5. The fraction of sp³-hybridized carbons (Fsp3) is 0.211. The summed E-state index contributed by atoms with van der Waals surface area (Å²) in [6, 6.07) is 14.0. The molecule has 10 heteroatoms. The second kappa shape index (κ2) is 8.18. The smallest absolute Gasteiger partial charge is 0.227 e. The Hall–Kier alpha value is -2.97. The molecule has 0 aliphatic carbocycles. The summed E-state index contributed by atoms with van der Waals surface area (Å²) in [6.45, 7) is 0.453. The summed E-state index contributed by atoms with van der Waals surface area (Å²) in [6.07, 6.45) is 0.149. The van der Waals surface area contributed by atoms with Gasteiger partial charge in [-0.05, 0) is 59.0 Å². The number of aromatic nitrogens is 4. The van der Waals surface area contributed by atoms with Crippen molar-refractivity contribution in [1.29, 1.82) is 0 Å². The highest BCUT2D eigenvalue weighted by atomic mass is 35.5. The number of carbonyl (C=O) groups excluding carboxylic acids is 2. The van der Waals surface area contributed by atoms with Crippen LogP contribution in [0, 0.1) is 5.92 Å². The molecule has 0 bridgehead atoms. The van der Waals surface area contributed by atoms with Crippen molar-refractivity contribution >= 4 is 40.7 Å². The lowest BCUT2D eigenvalue weighted by atomic mass is 10.1. The summed E-state index contributed by atoms with van der Waals surface area (Å²) in [7, 11) is 0.